The molecule has 0 aliphatic carbocycles. The monoisotopic (exact) mass is 333 g/mol. The lowest BCUT2D eigenvalue weighted by atomic mass is 9.93. The fraction of sp³-hybridized carbons (Fsp3) is 0.188. The van der Waals surface area contributed by atoms with Crippen molar-refractivity contribution in [2.24, 2.45) is 5.73 Å². The van der Waals surface area contributed by atoms with Gasteiger partial charge in [0.1, 0.15) is 0 Å². The van der Waals surface area contributed by atoms with Gasteiger partial charge in [-0.2, -0.15) is 0 Å². The molecule has 0 spiro atoms. The van der Waals surface area contributed by atoms with Crippen molar-refractivity contribution in [2.75, 3.05) is 7.11 Å². The number of carbonyl (C=O) groups is 1. The van der Waals surface area contributed by atoms with E-state index in [0.29, 0.717) is 0 Å². The van der Waals surface area contributed by atoms with E-state index in [9.17, 15) is 4.79 Å². The van der Waals surface area contributed by atoms with Crippen LogP contribution in [0.5, 0.6) is 0 Å². The van der Waals surface area contributed by atoms with E-state index in [1.807, 2.05) is 48.5 Å². The predicted molar refractivity (Wildman–Crippen MR) is 83.1 cm³/mol. The third-order valence-corrected chi connectivity index (χ3v) is 4.02. The fourth-order valence-electron chi connectivity index (χ4n) is 1.98. The van der Waals surface area contributed by atoms with Crippen LogP contribution in [0.3, 0.4) is 0 Å². The second-order valence-corrected chi connectivity index (χ2v) is 5.60. The SMILES string of the molecule is COC(C)(C(N)=O)c1ccc(-c2ccc(Br)cc2)cc1. The highest BCUT2D eigenvalue weighted by Gasteiger charge is 2.32. The number of hydrogen-bond acceptors (Lipinski definition) is 2. The van der Waals surface area contributed by atoms with Crippen LogP contribution in [0.2, 0.25) is 0 Å². The molecule has 0 saturated carbocycles. The first-order chi connectivity index (χ1) is 9.47. The van der Waals surface area contributed by atoms with E-state index in [2.05, 4.69) is 15.9 Å². The van der Waals surface area contributed by atoms with Crippen LogP contribution in [0.4, 0.5) is 0 Å². The second-order valence-electron chi connectivity index (χ2n) is 4.69. The van der Waals surface area contributed by atoms with E-state index in [1.165, 1.54) is 7.11 Å². The molecule has 0 heterocycles. The highest BCUT2D eigenvalue weighted by Crippen LogP contribution is 2.28. The summed E-state index contributed by atoms with van der Waals surface area (Å²) in [6, 6.07) is 15.7. The largest absolute Gasteiger partial charge is 0.367 e. The molecule has 2 rings (SSSR count). The van der Waals surface area contributed by atoms with Crippen molar-refractivity contribution in [1.82, 2.24) is 0 Å². The van der Waals surface area contributed by atoms with Crippen LogP contribution in [0.1, 0.15) is 12.5 Å². The summed E-state index contributed by atoms with van der Waals surface area (Å²) >= 11 is 3.41. The molecule has 4 heteroatoms. The Labute approximate surface area is 126 Å². The summed E-state index contributed by atoms with van der Waals surface area (Å²) in [5.74, 6) is -0.503. The van der Waals surface area contributed by atoms with Crippen LogP contribution in [0, 0.1) is 0 Å². The van der Waals surface area contributed by atoms with Gasteiger partial charge in [0.25, 0.3) is 5.91 Å². The molecule has 2 aromatic carbocycles. The van der Waals surface area contributed by atoms with Gasteiger partial charge in [-0.15, -0.1) is 0 Å². The van der Waals surface area contributed by atoms with Gasteiger partial charge in [0.2, 0.25) is 0 Å². The molecule has 2 N–H and O–H groups in total. The van der Waals surface area contributed by atoms with Crippen LogP contribution >= 0.6 is 15.9 Å². The highest BCUT2D eigenvalue weighted by molar-refractivity contribution is 9.10. The average Bonchev–Trinajstić information content (AvgIpc) is 2.47. The first-order valence-electron chi connectivity index (χ1n) is 6.19. The summed E-state index contributed by atoms with van der Waals surface area (Å²) in [7, 11) is 1.48. The van der Waals surface area contributed by atoms with Crippen LogP contribution in [0.25, 0.3) is 11.1 Å². The van der Waals surface area contributed by atoms with Gasteiger partial charge in [-0.05, 0) is 35.7 Å². The molecule has 0 bridgehead atoms. The summed E-state index contributed by atoms with van der Waals surface area (Å²) in [6.07, 6.45) is 0. The molecular weight excluding hydrogens is 318 g/mol. The second kappa shape index (κ2) is 5.77. The van der Waals surface area contributed by atoms with E-state index in [1.54, 1.807) is 6.92 Å². The molecule has 20 heavy (non-hydrogen) atoms. The lowest BCUT2D eigenvalue weighted by Crippen LogP contribution is -2.40. The molecular formula is C16H16BrNO2. The molecule has 0 saturated heterocycles. The first kappa shape index (κ1) is 14.8. The topological polar surface area (TPSA) is 52.3 Å². The Balaban J connectivity index is 2.35. The molecule has 0 radical (unpaired) electrons. The molecule has 1 amide bonds. The molecule has 2 aromatic rings. The Kier molecular flexibility index (Phi) is 4.26. The smallest absolute Gasteiger partial charge is 0.254 e. The Bertz CT molecular complexity index is 607. The molecule has 104 valence electrons. The van der Waals surface area contributed by atoms with Gasteiger partial charge in [-0.3, -0.25) is 4.79 Å². The van der Waals surface area contributed by atoms with Gasteiger partial charge >= 0.3 is 0 Å². The van der Waals surface area contributed by atoms with Gasteiger partial charge in [-0.25, -0.2) is 0 Å². The lowest BCUT2D eigenvalue weighted by Gasteiger charge is -2.25. The van der Waals surface area contributed by atoms with E-state index in [0.717, 1.165) is 21.2 Å². The Morgan fingerprint density at radius 3 is 1.90 bits per heavy atom. The number of primary amides is 1. The molecule has 0 fully saturated rings. The lowest BCUT2D eigenvalue weighted by molar-refractivity contribution is -0.139. The number of amides is 1. The summed E-state index contributed by atoms with van der Waals surface area (Å²) in [5, 5.41) is 0. The van der Waals surface area contributed by atoms with Gasteiger partial charge in [-0.1, -0.05) is 52.3 Å². The maximum atomic E-state index is 11.5. The Hall–Kier alpha value is -1.65. The van der Waals surface area contributed by atoms with Crippen LogP contribution in [0.15, 0.2) is 53.0 Å². The minimum absolute atomic E-state index is 0.503. The van der Waals surface area contributed by atoms with Crippen LogP contribution in [-0.4, -0.2) is 13.0 Å². The minimum atomic E-state index is -1.10. The molecule has 3 nitrogen and oxygen atoms in total. The van der Waals surface area contributed by atoms with Crippen LogP contribution in [-0.2, 0) is 15.1 Å². The van der Waals surface area contributed by atoms with Gasteiger partial charge < -0.3 is 10.5 Å². The highest BCUT2D eigenvalue weighted by atomic mass is 79.9. The molecule has 0 aliphatic rings. The molecule has 1 atom stereocenters. The zero-order valence-electron chi connectivity index (χ0n) is 11.4. The summed E-state index contributed by atoms with van der Waals surface area (Å²) < 4.78 is 6.31. The van der Waals surface area contributed by atoms with E-state index >= 15 is 0 Å². The van der Waals surface area contributed by atoms with Crippen molar-refractivity contribution >= 4 is 21.8 Å². The average molecular weight is 334 g/mol. The Morgan fingerprint density at radius 1 is 1.05 bits per heavy atom. The van der Waals surface area contributed by atoms with Gasteiger partial charge in [0.05, 0.1) is 0 Å². The Morgan fingerprint density at radius 2 is 1.50 bits per heavy atom. The summed E-state index contributed by atoms with van der Waals surface area (Å²) in [5.41, 5.74) is 7.24. The standard InChI is InChI=1S/C16H16BrNO2/c1-16(20-2,15(18)19)13-7-3-11(4-8-13)12-5-9-14(17)10-6-12/h3-10H,1-2H3,(H2,18,19). The third-order valence-electron chi connectivity index (χ3n) is 3.49. The minimum Gasteiger partial charge on any atom is -0.367 e. The van der Waals surface area contributed by atoms with E-state index in [4.69, 9.17) is 10.5 Å². The van der Waals surface area contributed by atoms with E-state index in [-0.39, 0.29) is 0 Å². The third kappa shape index (κ3) is 2.76. The summed E-state index contributed by atoms with van der Waals surface area (Å²) in [4.78, 5) is 11.5. The molecule has 1 unspecified atom stereocenters. The number of rotatable bonds is 4. The molecule has 0 aromatic heterocycles. The van der Waals surface area contributed by atoms with Crippen molar-refractivity contribution in [3.05, 3.63) is 58.6 Å². The maximum Gasteiger partial charge on any atom is 0.254 e. The van der Waals surface area contributed by atoms with Gasteiger partial charge in [0.15, 0.2) is 5.60 Å². The van der Waals surface area contributed by atoms with Crippen molar-refractivity contribution in [2.45, 2.75) is 12.5 Å². The number of carbonyl (C=O) groups excluding carboxylic acids is 1. The van der Waals surface area contributed by atoms with Crippen molar-refractivity contribution in [3.8, 4) is 11.1 Å². The zero-order valence-corrected chi connectivity index (χ0v) is 13.0. The summed E-state index contributed by atoms with van der Waals surface area (Å²) in [6.45, 7) is 1.67. The van der Waals surface area contributed by atoms with Crippen molar-refractivity contribution in [3.63, 3.8) is 0 Å². The maximum absolute atomic E-state index is 11.5. The van der Waals surface area contributed by atoms with Crippen molar-refractivity contribution < 1.29 is 9.53 Å². The quantitative estimate of drug-likeness (QED) is 0.931. The van der Waals surface area contributed by atoms with Crippen molar-refractivity contribution in [1.29, 1.82) is 0 Å². The zero-order chi connectivity index (χ0) is 14.8. The number of benzene rings is 2. The number of hydrogen-bond donors (Lipinski definition) is 1. The fourth-order valence-corrected chi connectivity index (χ4v) is 2.25. The predicted octanol–water partition coefficient (Wildman–Crippen LogP) is 3.46. The van der Waals surface area contributed by atoms with E-state index < -0.39 is 11.5 Å². The number of nitrogens with two attached hydrogens (primary N) is 1. The molecule has 0 aliphatic heterocycles. The van der Waals surface area contributed by atoms with Gasteiger partial charge in [0, 0.05) is 11.6 Å². The number of ether oxygens (including phenoxy) is 1. The first-order valence-corrected chi connectivity index (χ1v) is 6.98. The van der Waals surface area contributed by atoms with Crippen LogP contribution < -0.4 is 5.73 Å². The number of halogens is 1. The number of methoxy groups -OCH3 is 1. The normalized spacial score (nSPS) is 13.8.